The summed E-state index contributed by atoms with van der Waals surface area (Å²) < 4.78 is 5.64. The fourth-order valence-corrected chi connectivity index (χ4v) is 2.69. The smallest absolute Gasteiger partial charge is 0.318 e. The van der Waals surface area contributed by atoms with E-state index in [1.165, 1.54) is 19.3 Å². The van der Waals surface area contributed by atoms with Gasteiger partial charge in [0.15, 0.2) is 0 Å². The van der Waals surface area contributed by atoms with Crippen molar-refractivity contribution in [3.05, 3.63) is 5.89 Å². The van der Waals surface area contributed by atoms with E-state index in [4.69, 9.17) is 10.2 Å². The topological polar surface area (TPSA) is 68.2 Å². The Morgan fingerprint density at radius 2 is 2.00 bits per heavy atom. The summed E-state index contributed by atoms with van der Waals surface area (Å²) >= 11 is 0. The van der Waals surface area contributed by atoms with Crippen LogP contribution in [-0.4, -0.2) is 23.3 Å². The van der Waals surface area contributed by atoms with E-state index < -0.39 is 0 Å². The van der Waals surface area contributed by atoms with Crippen LogP contribution in [0.2, 0.25) is 0 Å². The van der Waals surface area contributed by atoms with E-state index in [-0.39, 0.29) is 6.04 Å². The maximum absolute atomic E-state index is 5.75. The zero-order valence-corrected chi connectivity index (χ0v) is 12.5. The Morgan fingerprint density at radius 3 is 2.58 bits per heavy atom. The molecule has 2 rings (SSSR count). The molecule has 0 radical (unpaired) electrons. The molecule has 0 aliphatic carbocycles. The van der Waals surface area contributed by atoms with Crippen molar-refractivity contribution in [1.29, 1.82) is 0 Å². The number of rotatable bonds is 2. The summed E-state index contributed by atoms with van der Waals surface area (Å²) in [7, 11) is 0. The Hall–Kier alpha value is -1.10. The third kappa shape index (κ3) is 3.47. The highest BCUT2D eigenvalue weighted by molar-refractivity contribution is 5.24. The molecule has 1 saturated heterocycles. The molecule has 5 heteroatoms. The Kier molecular flexibility index (Phi) is 4.13. The van der Waals surface area contributed by atoms with Gasteiger partial charge in [0.1, 0.15) is 0 Å². The predicted molar refractivity (Wildman–Crippen MR) is 75.9 cm³/mol. The molecule has 5 nitrogen and oxygen atoms in total. The summed E-state index contributed by atoms with van der Waals surface area (Å²) in [6.45, 7) is 10.8. The molecule has 108 valence electrons. The largest absolute Gasteiger partial charge is 0.406 e. The SMILES string of the molecule is CC(N)c1nnc(N2CCCC(C(C)(C)C)CC2)o1. The fourth-order valence-electron chi connectivity index (χ4n) is 2.69. The fraction of sp³-hybridized carbons (Fsp3) is 0.857. The molecule has 1 fully saturated rings. The number of hydrogen-bond donors (Lipinski definition) is 1. The van der Waals surface area contributed by atoms with Crippen LogP contribution in [0.3, 0.4) is 0 Å². The summed E-state index contributed by atoms with van der Waals surface area (Å²) in [5, 5.41) is 8.13. The van der Waals surface area contributed by atoms with E-state index in [9.17, 15) is 0 Å². The molecular weight excluding hydrogens is 240 g/mol. The Bertz CT molecular complexity index is 408. The van der Waals surface area contributed by atoms with Crippen LogP contribution in [-0.2, 0) is 0 Å². The van der Waals surface area contributed by atoms with Crippen molar-refractivity contribution < 1.29 is 4.42 Å². The lowest BCUT2D eigenvalue weighted by atomic mass is 9.77. The third-order valence-corrected chi connectivity index (χ3v) is 4.04. The van der Waals surface area contributed by atoms with E-state index in [0.717, 1.165) is 19.0 Å². The van der Waals surface area contributed by atoms with Gasteiger partial charge in [-0.05, 0) is 37.5 Å². The van der Waals surface area contributed by atoms with Crippen LogP contribution in [0.5, 0.6) is 0 Å². The first kappa shape index (κ1) is 14.3. The lowest BCUT2D eigenvalue weighted by Crippen LogP contribution is -2.26. The highest BCUT2D eigenvalue weighted by Crippen LogP contribution is 2.35. The molecule has 0 amide bonds. The van der Waals surface area contributed by atoms with Gasteiger partial charge in [0, 0.05) is 13.1 Å². The lowest BCUT2D eigenvalue weighted by Gasteiger charge is -2.29. The predicted octanol–water partition coefficient (Wildman–Crippen LogP) is 2.74. The first-order chi connectivity index (χ1) is 8.88. The van der Waals surface area contributed by atoms with Crippen LogP contribution >= 0.6 is 0 Å². The molecular formula is C14H26N4O. The standard InChI is InChI=1S/C14H26N4O/c1-10(15)12-16-17-13(19-12)18-8-5-6-11(7-9-18)14(2,3)4/h10-11H,5-9,15H2,1-4H3. The molecule has 19 heavy (non-hydrogen) atoms. The Morgan fingerprint density at radius 1 is 1.26 bits per heavy atom. The average Bonchev–Trinajstić information content (AvgIpc) is 2.66. The minimum Gasteiger partial charge on any atom is -0.406 e. The second kappa shape index (κ2) is 5.49. The van der Waals surface area contributed by atoms with Crippen molar-refractivity contribution in [3.8, 4) is 0 Å². The second-order valence-electron chi connectivity index (χ2n) is 6.69. The highest BCUT2D eigenvalue weighted by atomic mass is 16.4. The van der Waals surface area contributed by atoms with Crippen LogP contribution in [0, 0.1) is 11.3 Å². The van der Waals surface area contributed by atoms with E-state index in [0.29, 0.717) is 17.3 Å². The Labute approximate surface area is 115 Å². The van der Waals surface area contributed by atoms with Crippen molar-refractivity contribution in [2.45, 2.75) is 53.0 Å². The molecule has 1 aromatic heterocycles. The third-order valence-electron chi connectivity index (χ3n) is 4.04. The van der Waals surface area contributed by atoms with Gasteiger partial charge in [-0.3, -0.25) is 0 Å². The molecule has 2 heterocycles. The quantitative estimate of drug-likeness (QED) is 0.891. The zero-order chi connectivity index (χ0) is 14.0. The van der Waals surface area contributed by atoms with Crippen LogP contribution in [0.1, 0.15) is 58.9 Å². The number of anilines is 1. The van der Waals surface area contributed by atoms with E-state index in [1.54, 1.807) is 0 Å². The van der Waals surface area contributed by atoms with Crippen molar-refractivity contribution in [2.24, 2.45) is 17.1 Å². The number of nitrogens with two attached hydrogens (primary N) is 1. The summed E-state index contributed by atoms with van der Waals surface area (Å²) in [4.78, 5) is 2.20. The maximum Gasteiger partial charge on any atom is 0.318 e. The van der Waals surface area contributed by atoms with Gasteiger partial charge >= 0.3 is 6.01 Å². The van der Waals surface area contributed by atoms with Gasteiger partial charge in [-0.1, -0.05) is 25.9 Å². The maximum atomic E-state index is 5.75. The molecule has 1 aliphatic heterocycles. The van der Waals surface area contributed by atoms with E-state index in [2.05, 4.69) is 35.9 Å². The molecule has 2 N–H and O–H groups in total. The average molecular weight is 266 g/mol. The van der Waals surface area contributed by atoms with Gasteiger partial charge in [-0.15, -0.1) is 5.10 Å². The number of hydrogen-bond acceptors (Lipinski definition) is 5. The molecule has 0 bridgehead atoms. The summed E-state index contributed by atoms with van der Waals surface area (Å²) in [6, 6.07) is 0.428. The minimum absolute atomic E-state index is 0.199. The van der Waals surface area contributed by atoms with Crippen molar-refractivity contribution >= 4 is 6.01 Å². The van der Waals surface area contributed by atoms with E-state index in [1.807, 2.05) is 6.92 Å². The summed E-state index contributed by atoms with van der Waals surface area (Å²) in [5.41, 5.74) is 6.13. The molecule has 2 unspecified atom stereocenters. The van der Waals surface area contributed by atoms with Crippen molar-refractivity contribution in [2.75, 3.05) is 18.0 Å². The van der Waals surface area contributed by atoms with E-state index >= 15 is 0 Å². The first-order valence-corrected chi connectivity index (χ1v) is 7.22. The minimum atomic E-state index is -0.199. The van der Waals surface area contributed by atoms with Crippen LogP contribution in [0.25, 0.3) is 0 Å². The molecule has 0 spiro atoms. The molecule has 2 atom stereocenters. The lowest BCUT2D eigenvalue weighted by molar-refractivity contribution is 0.220. The van der Waals surface area contributed by atoms with Gasteiger partial charge in [0.2, 0.25) is 5.89 Å². The molecule has 0 aromatic carbocycles. The normalized spacial score (nSPS) is 23.2. The first-order valence-electron chi connectivity index (χ1n) is 7.22. The van der Waals surface area contributed by atoms with Crippen LogP contribution in [0.4, 0.5) is 6.01 Å². The van der Waals surface area contributed by atoms with Gasteiger partial charge in [0.25, 0.3) is 0 Å². The molecule has 1 aromatic rings. The molecule has 0 saturated carbocycles. The van der Waals surface area contributed by atoms with Crippen molar-refractivity contribution in [3.63, 3.8) is 0 Å². The number of nitrogens with zero attached hydrogens (tertiary/aromatic N) is 3. The zero-order valence-electron chi connectivity index (χ0n) is 12.5. The van der Waals surface area contributed by atoms with Gasteiger partial charge in [0.05, 0.1) is 6.04 Å². The highest BCUT2D eigenvalue weighted by Gasteiger charge is 2.28. The second-order valence-corrected chi connectivity index (χ2v) is 6.69. The summed E-state index contributed by atoms with van der Waals surface area (Å²) in [6.07, 6.45) is 3.63. The van der Waals surface area contributed by atoms with Crippen molar-refractivity contribution in [1.82, 2.24) is 10.2 Å². The van der Waals surface area contributed by atoms with Gasteiger partial charge in [-0.25, -0.2) is 0 Å². The number of aromatic nitrogens is 2. The van der Waals surface area contributed by atoms with Gasteiger partial charge in [-0.2, -0.15) is 0 Å². The monoisotopic (exact) mass is 266 g/mol. The van der Waals surface area contributed by atoms with Gasteiger partial charge < -0.3 is 15.1 Å². The van der Waals surface area contributed by atoms with Crippen LogP contribution < -0.4 is 10.6 Å². The van der Waals surface area contributed by atoms with Crippen LogP contribution in [0.15, 0.2) is 4.42 Å². The Balaban J connectivity index is 2.02. The summed E-state index contributed by atoms with van der Waals surface area (Å²) in [5.74, 6) is 1.28. The molecule has 1 aliphatic rings.